The Balaban J connectivity index is 0.000000317. The average Bonchev–Trinajstić information content (AvgIpc) is 2.27. The van der Waals surface area contributed by atoms with Gasteiger partial charge in [0.05, 0.1) is 8.54 Å². The van der Waals surface area contributed by atoms with Crippen LogP contribution in [0.4, 0.5) is 0 Å². The molecule has 1 aliphatic rings. The smallest absolute Gasteiger partial charge is 0.0684 e. The summed E-state index contributed by atoms with van der Waals surface area (Å²) in [7, 11) is 2.13. The van der Waals surface area contributed by atoms with E-state index in [-0.39, 0.29) is 6.61 Å². The number of nitrogens with zero attached hydrogens (tertiary/aromatic N) is 1. The van der Waals surface area contributed by atoms with E-state index in [1.807, 2.05) is 12.1 Å². The number of likely N-dealkylation sites (N-methyl/N-ethyl adjacent to an activating group) is 1. The lowest BCUT2D eigenvalue weighted by molar-refractivity contribution is 0.274. The third-order valence-electron chi connectivity index (χ3n) is 2.72. The molecule has 2 nitrogen and oxygen atoms in total. The normalized spacial score (nSPS) is 15.2. The lowest BCUT2D eigenvalue weighted by atomic mass is 9.95. The fourth-order valence-electron chi connectivity index (χ4n) is 1.98. The largest absolute Gasteiger partial charge is 0.392 e. The van der Waals surface area contributed by atoms with E-state index >= 15 is 0 Å². The minimum absolute atomic E-state index is 0.173. The molecular weight excluding hydrogens is 440 g/mol. The highest BCUT2D eigenvalue weighted by Gasteiger charge is 2.14. The van der Waals surface area contributed by atoms with Crippen LogP contribution in [0.3, 0.4) is 0 Å². The number of halogens is 2. The molecule has 1 heterocycles. The zero-order valence-electron chi connectivity index (χ0n) is 10.3. The summed E-state index contributed by atoms with van der Waals surface area (Å²) >= 11 is 4.66. The van der Waals surface area contributed by atoms with Crippen molar-refractivity contribution in [2.75, 3.05) is 13.6 Å². The first-order chi connectivity index (χ1) is 8.04. The van der Waals surface area contributed by atoms with Crippen LogP contribution in [0.2, 0.25) is 0 Å². The fraction of sp³-hybridized carbons (Fsp3) is 0.538. The van der Waals surface area contributed by atoms with Crippen molar-refractivity contribution in [3.63, 3.8) is 0 Å². The molecule has 0 radical (unpaired) electrons. The minimum Gasteiger partial charge on any atom is -0.392 e. The number of benzene rings is 1. The first-order valence-corrected chi connectivity index (χ1v) is 8.21. The average molecular weight is 459 g/mol. The second-order valence-electron chi connectivity index (χ2n) is 4.22. The second-order valence-corrected chi connectivity index (χ2v) is 10.3. The van der Waals surface area contributed by atoms with Gasteiger partial charge >= 0.3 is 0 Å². The Hall–Kier alpha value is 0.600. The number of aliphatic hydroxyl groups excluding tert-OH is 1. The van der Waals surface area contributed by atoms with E-state index in [4.69, 9.17) is 5.11 Å². The highest BCUT2D eigenvalue weighted by molar-refractivity contribution is 14.2. The van der Waals surface area contributed by atoms with Gasteiger partial charge in [-0.1, -0.05) is 63.4 Å². The van der Waals surface area contributed by atoms with Crippen molar-refractivity contribution in [1.29, 1.82) is 0 Å². The molecule has 0 unspecified atom stereocenters. The van der Waals surface area contributed by atoms with Gasteiger partial charge in [-0.2, -0.15) is 0 Å². The minimum atomic E-state index is 0.173. The Labute approximate surface area is 131 Å². The van der Waals surface area contributed by atoms with E-state index in [0.29, 0.717) is 0 Å². The molecular formula is C13H19I2NO. The molecule has 96 valence electrons. The van der Waals surface area contributed by atoms with Crippen molar-refractivity contribution in [2.45, 2.75) is 28.4 Å². The van der Waals surface area contributed by atoms with Crippen molar-refractivity contribution in [3.05, 3.63) is 34.9 Å². The van der Waals surface area contributed by atoms with Gasteiger partial charge in [-0.05, 0) is 37.1 Å². The van der Waals surface area contributed by atoms with Gasteiger partial charge in [0.2, 0.25) is 0 Å². The Bertz CT molecular complexity index is 353. The maximum Gasteiger partial charge on any atom is 0.0684 e. The molecule has 0 saturated heterocycles. The molecule has 0 saturated carbocycles. The summed E-state index contributed by atoms with van der Waals surface area (Å²) in [4.78, 5) is 2.31. The molecule has 0 fully saturated rings. The third-order valence-corrected chi connectivity index (χ3v) is 2.72. The van der Waals surface area contributed by atoms with Gasteiger partial charge in [0.15, 0.2) is 0 Å². The lowest BCUT2D eigenvalue weighted by Crippen LogP contribution is -2.27. The van der Waals surface area contributed by atoms with Crippen molar-refractivity contribution in [1.82, 2.24) is 4.90 Å². The van der Waals surface area contributed by atoms with Crippen LogP contribution in [-0.2, 0) is 19.6 Å². The van der Waals surface area contributed by atoms with Crippen LogP contribution in [-0.4, -0.2) is 25.5 Å². The van der Waals surface area contributed by atoms with E-state index in [1.54, 1.807) is 0 Å². The van der Waals surface area contributed by atoms with Crippen LogP contribution in [0.25, 0.3) is 0 Å². The van der Waals surface area contributed by atoms with Crippen LogP contribution >= 0.6 is 45.2 Å². The van der Waals surface area contributed by atoms with Crippen molar-refractivity contribution < 1.29 is 5.11 Å². The number of hydrogen-bond acceptors (Lipinski definition) is 2. The predicted octanol–water partition coefficient (Wildman–Crippen LogP) is 3.37. The molecule has 1 aromatic rings. The van der Waals surface area contributed by atoms with Crippen LogP contribution in [0.5, 0.6) is 0 Å². The van der Waals surface area contributed by atoms with Crippen LogP contribution < -0.4 is 0 Å². The molecule has 1 aromatic carbocycles. The number of aliphatic hydroxyl groups is 1. The number of fused-ring (bicyclic) bond motifs is 1. The monoisotopic (exact) mass is 459 g/mol. The summed E-state index contributed by atoms with van der Waals surface area (Å²) in [6.45, 7) is 4.43. The summed E-state index contributed by atoms with van der Waals surface area (Å²) in [5.74, 6) is 0. The van der Waals surface area contributed by atoms with Crippen LogP contribution in [0.1, 0.15) is 23.6 Å². The van der Waals surface area contributed by atoms with E-state index in [9.17, 15) is 0 Å². The molecule has 0 bridgehead atoms. The van der Waals surface area contributed by atoms with Crippen LogP contribution in [0, 0.1) is 0 Å². The molecule has 0 aliphatic carbocycles. The summed E-state index contributed by atoms with van der Waals surface area (Å²) in [5, 5.41) is 9.15. The van der Waals surface area contributed by atoms with E-state index in [2.05, 4.69) is 70.1 Å². The van der Waals surface area contributed by atoms with E-state index < -0.39 is 0 Å². The molecule has 17 heavy (non-hydrogen) atoms. The molecule has 0 spiro atoms. The number of rotatable bonds is 1. The van der Waals surface area contributed by atoms with Gasteiger partial charge in [-0.15, -0.1) is 0 Å². The third kappa shape index (κ3) is 5.40. The summed E-state index contributed by atoms with van der Waals surface area (Å²) in [5.41, 5.74) is 3.84. The maximum absolute atomic E-state index is 9.15. The van der Waals surface area contributed by atoms with Gasteiger partial charge in [-0.25, -0.2) is 0 Å². The topological polar surface area (TPSA) is 23.5 Å². The van der Waals surface area contributed by atoms with E-state index in [0.717, 1.165) is 27.0 Å². The molecule has 2 rings (SSSR count). The summed E-state index contributed by atoms with van der Waals surface area (Å²) in [6.07, 6.45) is 1.07. The van der Waals surface area contributed by atoms with E-state index in [1.165, 1.54) is 11.1 Å². The Morgan fingerprint density at radius 3 is 2.65 bits per heavy atom. The molecule has 1 aliphatic heterocycles. The van der Waals surface area contributed by atoms with Crippen LogP contribution in [0.15, 0.2) is 18.2 Å². The number of hydrogen-bond donors (Lipinski definition) is 1. The zero-order valence-corrected chi connectivity index (χ0v) is 14.6. The first-order valence-electron chi connectivity index (χ1n) is 5.71. The highest BCUT2D eigenvalue weighted by Crippen LogP contribution is 2.21. The summed E-state index contributed by atoms with van der Waals surface area (Å²) in [6, 6.07) is 6.21. The lowest BCUT2D eigenvalue weighted by Gasteiger charge is -2.26. The molecule has 1 N–H and O–H groups in total. The fourth-order valence-corrected chi connectivity index (χ4v) is 1.98. The zero-order chi connectivity index (χ0) is 12.8. The predicted molar refractivity (Wildman–Crippen MR) is 89.9 cm³/mol. The van der Waals surface area contributed by atoms with Gasteiger partial charge in [-0.3, -0.25) is 0 Å². The molecule has 0 amide bonds. The number of alkyl halides is 2. The maximum atomic E-state index is 9.15. The molecule has 0 atom stereocenters. The second kappa shape index (κ2) is 7.91. The SMILES string of the molecule is CC(I)I.CN1CCc2c(CO)cccc2C1. The van der Waals surface area contributed by atoms with Crippen molar-refractivity contribution >= 4 is 45.2 Å². The van der Waals surface area contributed by atoms with Gasteiger partial charge < -0.3 is 10.0 Å². The standard InChI is InChI=1S/C11H15NO.C2H4I2/c1-12-6-5-11-9(7-12)3-2-4-10(11)8-13;1-2(3)4/h2-4,13H,5-8H2,1H3;2H,1H3. The van der Waals surface area contributed by atoms with Gasteiger partial charge in [0.25, 0.3) is 0 Å². The first kappa shape index (κ1) is 15.7. The van der Waals surface area contributed by atoms with Gasteiger partial charge in [0.1, 0.15) is 0 Å². The summed E-state index contributed by atoms with van der Waals surface area (Å²) < 4.78 is 0.773. The Morgan fingerprint density at radius 2 is 2.06 bits per heavy atom. The molecule has 0 aromatic heterocycles. The highest BCUT2D eigenvalue weighted by atomic mass is 127. The van der Waals surface area contributed by atoms with Crippen molar-refractivity contribution in [2.24, 2.45) is 0 Å². The van der Waals surface area contributed by atoms with Crippen molar-refractivity contribution in [3.8, 4) is 0 Å². The molecule has 4 heteroatoms. The quantitative estimate of drug-likeness (QED) is 0.515. The van der Waals surface area contributed by atoms with Gasteiger partial charge in [0, 0.05) is 13.1 Å². The Morgan fingerprint density at radius 1 is 1.41 bits per heavy atom. The Kier molecular flexibility index (Phi) is 7.28.